The molecule has 130 valence electrons. The first-order valence-corrected chi connectivity index (χ1v) is 7.82. The third kappa shape index (κ3) is 6.41. The zero-order valence-corrected chi connectivity index (χ0v) is 13.6. The number of aryl methyl sites for hydroxylation is 1. The fraction of sp³-hybridized carbons (Fsp3) is 0.105. The molecule has 3 aromatic rings. The zero-order chi connectivity index (χ0) is 18.3. The second-order valence-corrected chi connectivity index (χ2v) is 5.27. The summed E-state index contributed by atoms with van der Waals surface area (Å²) in [6.45, 7) is 2.17. The van der Waals surface area contributed by atoms with E-state index >= 15 is 0 Å². The van der Waals surface area contributed by atoms with Crippen LogP contribution in [0.4, 0.5) is 17.3 Å². The first-order valence-electron chi connectivity index (χ1n) is 7.82. The highest BCUT2D eigenvalue weighted by Gasteiger charge is 2.20. The molecule has 6 heteroatoms. The van der Waals surface area contributed by atoms with Gasteiger partial charge in [0.2, 0.25) is 0 Å². The molecule has 25 heavy (non-hydrogen) atoms. The summed E-state index contributed by atoms with van der Waals surface area (Å²) in [5, 5.41) is 0. The van der Waals surface area contributed by atoms with E-state index in [9.17, 15) is 17.3 Å². The number of benzene rings is 2. The molecule has 0 amide bonds. The van der Waals surface area contributed by atoms with E-state index < -0.39 is 7.25 Å². The van der Waals surface area contributed by atoms with Crippen LogP contribution in [-0.4, -0.2) is 7.25 Å². The molecule has 1 nitrogen and oxygen atoms in total. The van der Waals surface area contributed by atoms with Gasteiger partial charge in [0.25, 0.3) is 0 Å². The maximum absolute atomic E-state index is 9.75. The standard InChI is InChI=1S/C19H17O.BF4/c1-2-15-13-18(16-9-5-3-6-10-16)20-19(14-15)17-11-7-4-8-12-17;2-1(3,4)5/h3-14H,2H2,1H3;/q+1;-1. The molecule has 1 aromatic heterocycles. The van der Waals surface area contributed by atoms with Crippen molar-refractivity contribution in [1.82, 2.24) is 0 Å². The normalized spacial score (nSPS) is 10.8. The van der Waals surface area contributed by atoms with Crippen molar-refractivity contribution < 1.29 is 21.7 Å². The van der Waals surface area contributed by atoms with Gasteiger partial charge >= 0.3 is 18.8 Å². The molecule has 0 aliphatic rings. The molecule has 2 aromatic carbocycles. The van der Waals surface area contributed by atoms with E-state index in [0.717, 1.165) is 29.1 Å². The van der Waals surface area contributed by atoms with Crippen LogP contribution in [0.1, 0.15) is 12.5 Å². The van der Waals surface area contributed by atoms with Crippen LogP contribution in [0.5, 0.6) is 0 Å². The van der Waals surface area contributed by atoms with Gasteiger partial charge in [0, 0.05) is 12.1 Å². The second-order valence-electron chi connectivity index (χ2n) is 5.27. The van der Waals surface area contributed by atoms with Gasteiger partial charge in [0.05, 0.1) is 11.1 Å². The summed E-state index contributed by atoms with van der Waals surface area (Å²) in [5.74, 6) is 1.84. The van der Waals surface area contributed by atoms with E-state index in [-0.39, 0.29) is 0 Å². The summed E-state index contributed by atoms with van der Waals surface area (Å²) < 4.78 is 45.1. The van der Waals surface area contributed by atoms with Gasteiger partial charge in [0.15, 0.2) is 0 Å². The van der Waals surface area contributed by atoms with Crippen molar-refractivity contribution in [2.24, 2.45) is 0 Å². The summed E-state index contributed by atoms with van der Waals surface area (Å²) in [6, 6.07) is 24.7. The first-order chi connectivity index (χ1) is 11.9. The molecule has 0 spiro atoms. The Kier molecular flexibility index (Phi) is 6.34. The van der Waals surface area contributed by atoms with Gasteiger partial charge in [-0.05, 0) is 36.2 Å². The van der Waals surface area contributed by atoms with Gasteiger partial charge in [0.1, 0.15) is 0 Å². The van der Waals surface area contributed by atoms with Crippen molar-refractivity contribution in [2.75, 3.05) is 0 Å². The summed E-state index contributed by atoms with van der Waals surface area (Å²) in [7, 11) is -6.00. The highest BCUT2D eigenvalue weighted by atomic mass is 19.5. The topological polar surface area (TPSA) is 11.3 Å². The Morgan fingerprint density at radius 3 is 1.40 bits per heavy atom. The SMILES string of the molecule is CCc1cc(-c2ccccc2)[o+]c(-c2ccccc2)c1.F[B-](F)(F)F. The van der Waals surface area contributed by atoms with Crippen LogP contribution < -0.4 is 0 Å². The molecule has 0 unspecified atom stereocenters. The van der Waals surface area contributed by atoms with Gasteiger partial charge in [-0.15, -0.1) is 0 Å². The van der Waals surface area contributed by atoms with Crippen molar-refractivity contribution in [3.63, 3.8) is 0 Å². The summed E-state index contributed by atoms with van der Waals surface area (Å²) in [5.41, 5.74) is 3.51. The molecule has 0 radical (unpaired) electrons. The minimum atomic E-state index is -6.00. The third-order valence-electron chi connectivity index (χ3n) is 3.38. The number of hydrogen-bond donors (Lipinski definition) is 0. The maximum Gasteiger partial charge on any atom is 0.673 e. The minimum Gasteiger partial charge on any atom is -0.418 e. The molecule has 0 bridgehead atoms. The second kappa shape index (κ2) is 8.47. The Morgan fingerprint density at radius 2 is 1.08 bits per heavy atom. The van der Waals surface area contributed by atoms with E-state index in [1.807, 2.05) is 36.4 Å². The van der Waals surface area contributed by atoms with Crippen LogP contribution in [0, 0.1) is 0 Å². The van der Waals surface area contributed by atoms with Crippen molar-refractivity contribution in [3.8, 4) is 22.6 Å². The Labute approximate surface area is 144 Å². The number of hydrogen-bond acceptors (Lipinski definition) is 0. The predicted octanol–water partition coefficient (Wildman–Crippen LogP) is 6.76. The molecule has 0 saturated heterocycles. The molecule has 0 saturated carbocycles. The molecule has 0 aliphatic carbocycles. The van der Waals surface area contributed by atoms with Crippen molar-refractivity contribution in [3.05, 3.63) is 78.4 Å². The summed E-state index contributed by atoms with van der Waals surface area (Å²) in [6.07, 6.45) is 0.996. The quantitative estimate of drug-likeness (QED) is 0.289. The van der Waals surface area contributed by atoms with E-state index in [0.29, 0.717) is 0 Å². The van der Waals surface area contributed by atoms with Gasteiger partial charge in [-0.1, -0.05) is 43.3 Å². The van der Waals surface area contributed by atoms with E-state index in [4.69, 9.17) is 4.42 Å². The highest BCUT2D eigenvalue weighted by molar-refractivity contribution is 6.50. The number of halogens is 4. The average Bonchev–Trinajstić information content (AvgIpc) is 2.61. The molecule has 0 aliphatic heterocycles. The zero-order valence-electron chi connectivity index (χ0n) is 13.6. The Morgan fingerprint density at radius 1 is 0.720 bits per heavy atom. The first kappa shape index (κ1) is 18.7. The maximum atomic E-state index is 9.75. The Hall–Kier alpha value is -2.63. The van der Waals surface area contributed by atoms with Crippen LogP contribution in [0.2, 0.25) is 0 Å². The fourth-order valence-corrected chi connectivity index (χ4v) is 2.25. The molecular formula is C19H17BF4O. The van der Waals surface area contributed by atoms with Crippen molar-refractivity contribution in [2.45, 2.75) is 13.3 Å². The van der Waals surface area contributed by atoms with Crippen LogP contribution in [0.3, 0.4) is 0 Å². The lowest BCUT2D eigenvalue weighted by atomic mass is 10.1. The molecule has 0 N–H and O–H groups in total. The lowest BCUT2D eigenvalue weighted by Gasteiger charge is -1.98. The van der Waals surface area contributed by atoms with E-state index in [1.165, 1.54) is 5.56 Å². The Balaban J connectivity index is 0.000000399. The molecule has 0 atom stereocenters. The van der Waals surface area contributed by atoms with Crippen LogP contribution >= 0.6 is 0 Å². The van der Waals surface area contributed by atoms with Crippen LogP contribution in [-0.2, 0) is 6.42 Å². The number of rotatable bonds is 3. The minimum absolute atomic E-state index is 0.920. The molecule has 0 fully saturated rings. The summed E-state index contributed by atoms with van der Waals surface area (Å²) >= 11 is 0. The average molecular weight is 348 g/mol. The Bertz CT molecular complexity index is 726. The van der Waals surface area contributed by atoms with Crippen LogP contribution in [0.25, 0.3) is 22.6 Å². The predicted molar refractivity (Wildman–Crippen MR) is 93.6 cm³/mol. The highest BCUT2D eigenvalue weighted by Crippen LogP contribution is 2.28. The fourth-order valence-electron chi connectivity index (χ4n) is 2.25. The van der Waals surface area contributed by atoms with Gasteiger partial charge in [-0.25, -0.2) is 4.42 Å². The smallest absolute Gasteiger partial charge is 0.418 e. The molecule has 1 heterocycles. The van der Waals surface area contributed by atoms with Crippen LogP contribution in [0.15, 0.2) is 77.2 Å². The molecule has 3 rings (SSSR count). The van der Waals surface area contributed by atoms with Crippen molar-refractivity contribution in [1.29, 1.82) is 0 Å². The van der Waals surface area contributed by atoms with E-state index in [1.54, 1.807) is 0 Å². The van der Waals surface area contributed by atoms with E-state index in [2.05, 4.69) is 43.3 Å². The van der Waals surface area contributed by atoms with Gasteiger partial charge in [-0.2, -0.15) is 0 Å². The monoisotopic (exact) mass is 348 g/mol. The van der Waals surface area contributed by atoms with Gasteiger partial charge < -0.3 is 17.3 Å². The molecular weight excluding hydrogens is 331 g/mol. The summed E-state index contributed by atoms with van der Waals surface area (Å²) in [4.78, 5) is 0. The van der Waals surface area contributed by atoms with Crippen molar-refractivity contribution >= 4 is 7.25 Å². The third-order valence-corrected chi connectivity index (χ3v) is 3.38. The van der Waals surface area contributed by atoms with Gasteiger partial charge in [-0.3, -0.25) is 0 Å². The lowest BCUT2D eigenvalue weighted by Crippen LogP contribution is -2.02. The largest absolute Gasteiger partial charge is 0.673 e. The lowest BCUT2D eigenvalue weighted by molar-refractivity contribution is 0.368.